The first-order valence-electron chi connectivity index (χ1n) is 12.0. The van der Waals surface area contributed by atoms with E-state index in [0.29, 0.717) is 34.8 Å². The summed E-state index contributed by atoms with van der Waals surface area (Å²) in [7, 11) is 0. The van der Waals surface area contributed by atoms with Crippen molar-refractivity contribution in [1.29, 1.82) is 0 Å². The summed E-state index contributed by atoms with van der Waals surface area (Å²) in [4.78, 5) is 0. The van der Waals surface area contributed by atoms with E-state index in [-0.39, 0.29) is 11.5 Å². The minimum Gasteiger partial charge on any atom is -0.508 e. The summed E-state index contributed by atoms with van der Waals surface area (Å²) in [5, 5.41) is 30.9. The van der Waals surface area contributed by atoms with Gasteiger partial charge in [-0.05, 0) is 90.3 Å². The molecule has 0 saturated carbocycles. The first kappa shape index (κ1) is 23.4. The molecule has 0 spiro atoms. The summed E-state index contributed by atoms with van der Waals surface area (Å²) in [6.45, 7) is 9.68. The molecular formula is C29H32O6. The van der Waals surface area contributed by atoms with Gasteiger partial charge in [-0.3, -0.25) is 0 Å². The topological polar surface area (TPSA) is 92.3 Å². The third-order valence-electron chi connectivity index (χ3n) is 6.57. The summed E-state index contributed by atoms with van der Waals surface area (Å²) in [6.07, 6.45) is 10.3. The maximum Gasteiger partial charge on any atom is 0.174 e. The van der Waals surface area contributed by atoms with Gasteiger partial charge in [-0.15, -0.1) is 0 Å². The number of ether oxygens (including phenoxy) is 2. The number of furan rings is 1. The van der Waals surface area contributed by atoms with E-state index in [9.17, 15) is 15.3 Å². The molecule has 3 N–H and O–H groups in total. The van der Waals surface area contributed by atoms with E-state index in [0.717, 1.165) is 29.4 Å². The van der Waals surface area contributed by atoms with Crippen LogP contribution in [0, 0.1) is 0 Å². The number of aromatic hydroxyl groups is 2. The van der Waals surface area contributed by atoms with E-state index in [1.54, 1.807) is 12.1 Å². The van der Waals surface area contributed by atoms with Gasteiger partial charge in [0.2, 0.25) is 0 Å². The fourth-order valence-corrected chi connectivity index (χ4v) is 4.77. The molecule has 2 aliphatic heterocycles. The second-order valence-corrected chi connectivity index (χ2v) is 11.0. The molecule has 0 aliphatic carbocycles. The Labute approximate surface area is 205 Å². The Hall–Kier alpha value is -3.38. The number of fused-ring (bicyclic) bond motifs is 6. The van der Waals surface area contributed by atoms with Gasteiger partial charge in [0.05, 0.1) is 11.2 Å². The Morgan fingerprint density at radius 2 is 1.51 bits per heavy atom. The average Bonchev–Trinajstić information content (AvgIpc) is 3.17. The number of phenols is 2. The number of benzene rings is 2. The summed E-state index contributed by atoms with van der Waals surface area (Å²) >= 11 is 0. The van der Waals surface area contributed by atoms with Gasteiger partial charge in [0.1, 0.15) is 34.0 Å². The molecule has 1 aromatic heterocycles. The molecule has 184 valence electrons. The van der Waals surface area contributed by atoms with Crippen LogP contribution in [0.15, 0.2) is 40.8 Å². The highest BCUT2D eigenvalue weighted by Crippen LogP contribution is 2.52. The number of rotatable bonds is 5. The van der Waals surface area contributed by atoms with Crippen LogP contribution in [0.25, 0.3) is 34.4 Å². The largest absolute Gasteiger partial charge is 0.508 e. The number of aliphatic hydroxyl groups is 1. The van der Waals surface area contributed by atoms with Crippen molar-refractivity contribution in [2.45, 2.75) is 70.7 Å². The maximum atomic E-state index is 10.1. The lowest BCUT2D eigenvalue weighted by atomic mass is 9.89. The monoisotopic (exact) mass is 476 g/mol. The van der Waals surface area contributed by atoms with E-state index in [4.69, 9.17) is 13.9 Å². The average molecular weight is 477 g/mol. The number of hydrogen-bond acceptors (Lipinski definition) is 6. The highest BCUT2D eigenvalue weighted by atomic mass is 16.5. The number of hydrogen-bond donors (Lipinski definition) is 3. The highest BCUT2D eigenvalue weighted by Gasteiger charge is 2.36. The van der Waals surface area contributed by atoms with Crippen LogP contribution in [0.3, 0.4) is 0 Å². The molecule has 1 unspecified atom stereocenters. The molecule has 1 atom stereocenters. The molecule has 5 rings (SSSR count). The van der Waals surface area contributed by atoms with E-state index in [1.807, 2.05) is 65.0 Å². The van der Waals surface area contributed by atoms with Crippen LogP contribution < -0.4 is 9.47 Å². The van der Waals surface area contributed by atoms with Gasteiger partial charge in [0.15, 0.2) is 11.5 Å². The zero-order valence-electron chi connectivity index (χ0n) is 20.8. The fourth-order valence-electron chi connectivity index (χ4n) is 4.77. The summed E-state index contributed by atoms with van der Waals surface area (Å²) in [6, 6.07) is 6.29. The van der Waals surface area contributed by atoms with Crippen LogP contribution in [0.1, 0.15) is 65.0 Å². The van der Waals surface area contributed by atoms with Crippen LogP contribution in [-0.4, -0.2) is 32.1 Å². The summed E-state index contributed by atoms with van der Waals surface area (Å²) in [5.74, 6) is 1.74. The Morgan fingerprint density at radius 1 is 0.857 bits per heavy atom. The van der Waals surface area contributed by atoms with E-state index < -0.39 is 16.8 Å². The van der Waals surface area contributed by atoms with Crippen LogP contribution in [0.2, 0.25) is 0 Å². The lowest BCUT2D eigenvalue weighted by Crippen LogP contribution is -2.34. The molecule has 3 aromatic rings. The standard InChI is InChI=1S/C29H32O6/c1-27(2,32)9-6-10-29(5)12-8-21-24-22(16-23(33-24)17-13-18(30)15-19(31)14-17)20-7-11-28(3,4)34-25(20)26(21)35-29/h7-8,11-16,30-32H,6,9-10H2,1-5H3. The molecule has 3 heterocycles. The first-order chi connectivity index (χ1) is 16.3. The van der Waals surface area contributed by atoms with Crippen molar-refractivity contribution in [3.63, 3.8) is 0 Å². The van der Waals surface area contributed by atoms with Gasteiger partial charge < -0.3 is 29.2 Å². The molecule has 0 amide bonds. The fraction of sp³-hybridized carbons (Fsp3) is 0.379. The SMILES string of the molecule is CC(C)(O)CCCC1(C)C=Cc2c(c3c(c4cc(-c5cc(O)cc(O)c5)oc24)C=CC(C)(C)O3)O1. The Bertz CT molecular complexity index is 1350. The third kappa shape index (κ3) is 4.50. The van der Waals surface area contributed by atoms with Crippen molar-refractivity contribution in [1.82, 2.24) is 0 Å². The second-order valence-electron chi connectivity index (χ2n) is 11.0. The van der Waals surface area contributed by atoms with Crippen molar-refractivity contribution in [3.8, 4) is 34.3 Å². The van der Waals surface area contributed by atoms with Gasteiger partial charge >= 0.3 is 0 Å². The molecule has 35 heavy (non-hydrogen) atoms. The van der Waals surface area contributed by atoms with Gasteiger partial charge in [-0.2, -0.15) is 0 Å². The van der Waals surface area contributed by atoms with Crippen LogP contribution >= 0.6 is 0 Å². The summed E-state index contributed by atoms with van der Waals surface area (Å²) < 4.78 is 19.3. The molecule has 0 radical (unpaired) electrons. The van der Waals surface area contributed by atoms with E-state index >= 15 is 0 Å². The number of phenolic OH excluding ortho intramolecular Hbond substituents is 2. The third-order valence-corrected chi connectivity index (χ3v) is 6.57. The quantitative estimate of drug-likeness (QED) is 0.375. The predicted molar refractivity (Wildman–Crippen MR) is 137 cm³/mol. The minimum atomic E-state index is -0.721. The lowest BCUT2D eigenvalue weighted by molar-refractivity contribution is 0.0558. The van der Waals surface area contributed by atoms with Crippen LogP contribution in [0.4, 0.5) is 0 Å². The second kappa shape index (κ2) is 7.82. The van der Waals surface area contributed by atoms with Gasteiger partial charge in [0, 0.05) is 22.6 Å². The molecular weight excluding hydrogens is 444 g/mol. The van der Waals surface area contributed by atoms with E-state index in [2.05, 4.69) is 0 Å². The van der Waals surface area contributed by atoms with Gasteiger partial charge in [-0.1, -0.05) is 6.08 Å². The zero-order valence-corrected chi connectivity index (χ0v) is 20.8. The Kier molecular flexibility index (Phi) is 5.22. The summed E-state index contributed by atoms with van der Waals surface area (Å²) in [5.41, 5.74) is 1.10. The molecule has 2 aliphatic rings. The molecule has 6 heteroatoms. The molecule has 0 fully saturated rings. The van der Waals surface area contributed by atoms with Gasteiger partial charge in [0.25, 0.3) is 0 Å². The van der Waals surface area contributed by atoms with Crippen molar-refractivity contribution in [2.75, 3.05) is 0 Å². The first-order valence-corrected chi connectivity index (χ1v) is 12.0. The minimum absolute atomic E-state index is 0.0421. The van der Waals surface area contributed by atoms with Crippen LogP contribution in [0.5, 0.6) is 23.0 Å². The van der Waals surface area contributed by atoms with Gasteiger partial charge in [-0.25, -0.2) is 0 Å². The highest BCUT2D eigenvalue weighted by molar-refractivity contribution is 6.01. The zero-order chi connectivity index (χ0) is 25.2. The molecule has 0 saturated heterocycles. The van der Waals surface area contributed by atoms with E-state index in [1.165, 1.54) is 6.07 Å². The van der Waals surface area contributed by atoms with Crippen molar-refractivity contribution in [2.24, 2.45) is 0 Å². The smallest absolute Gasteiger partial charge is 0.174 e. The van der Waals surface area contributed by atoms with Crippen LogP contribution in [-0.2, 0) is 0 Å². The Balaban J connectivity index is 1.64. The molecule has 0 bridgehead atoms. The maximum absolute atomic E-state index is 10.1. The Morgan fingerprint density at radius 3 is 2.20 bits per heavy atom. The molecule has 2 aromatic carbocycles. The lowest BCUT2D eigenvalue weighted by Gasteiger charge is -2.36. The normalized spacial score (nSPS) is 20.3. The molecule has 6 nitrogen and oxygen atoms in total. The van der Waals surface area contributed by atoms with Crippen molar-refractivity contribution < 1.29 is 29.2 Å². The van der Waals surface area contributed by atoms with Crippen molar-refractivity contribution in [3.05, 3.63) is 47.5 Å². The van der Waals surface area contributed by atoms with Crippen molar-refractivity contribution >= 4 is 23.1 Å². The predicted octanol–water partition coefficient (Wildman–Crippen LogP) is 6.80.